The normalized spacial score (nSPS) is 18.7. The van der Waals surface area contributed by atoms with Gasteiger partial charge in [0.15, 0.2) is 0 Å². The summed E-state index contributed by atoms with van der Waals surface area (Å²) in [6, 6.07) is 4.18. The summed E-state index contributed by atoms with van der Waals surface area (Å²) in [4.78, 5) is 26.1. The Morgan fingerprint density at radius 2 is 1.86 bits per heavy atom. The standard InChI is InChI=1S/C21H29N5O2/c1-16(2)26-10-7-23-20(26)17-4-8-24(9-5-17)19-15-18(3-6-22-19)21(27)25-11-13-28-14-12-25/h3,6-7,10,15-17H,4-5,8-9,11-14H2,1-2H3. The molecule has 0 aliphatic carbocycles. The highest BCUT2D eigenvalue weighted by Gasteiger charge is 2.26. The van der Waals surface area contributed by atoms with E-state index in [1.165, 1.54) is 5.82 Å². The van der Waals surface area contributed by atoms with E-state index < -0.39 is 0 Å². The molecule has 28 heavy (non-hydrogen) atoms. The van der Waals surface area contributed by atoms with Crippen LogP contribution in [0.1, 0.15) is 54.8 Å². The van der Waals surface area contributed by atoms with Crippen molar-refractivity contribution in [2.24, 2.45) is 0 Å². The van der Waals surface area contributed by atoms with Crippen molar-refractivity contribution in [1.82, 2.24) is 19.4 Å². The van der Waals surface area contributed by atoms with Gasteiger partial charge in [0.25, 0.3) is 5.91 Å². The average Bonchev–Trinajstić information content (AvgIpc) is 3.24. The second-order valence-electron chi connectivity index (χ2n) is 7.86. The van der Waals surface area contributed by atoms with Crippen LogP contribution in [0.3, 0.4) is 0 Å². The second kappa shape index (κ2) is 8.31. The highest BCUT2D eigenvalue weighted by Crippen LogP contribution is 2.30. The summed E-state index contributed by atoms with van der Waals surface area (Å²) in [6.45, 7) is 8.79. The van der Waals surface area contributed by atoms with Gasteiger partial charge in [-0.1, -0.05) is 0 Å². The van der Waals surface area contributed by atoms with Crippen molar-refractivity contribution in [1.29, 1.82) is 0 Å². The van der Waals surface area contributed by atoms with Crippen LogP contribution in [0, 0.1) is 0 Å². The lowest BCUT2D eigenvalue weighted by Gasteiger charge is -2.33. The average molecular weight is 383 g/mol. The number of aromatic nitrogens is 3. The van der Waals surface area contributed by atoms with Crippen molar-refractivity contribution >= 4 is 11.7 Å². The van der Waals surface area contributed by atoms with Crippen LogP contribution in [0.4, 0.5) is 5.82 Å². The summed E-state index contributed by atoms with van der Waals surface area (Å²) in [5, 5.41) is 0. The fraction of sp³-hybridized carbons (Fsp3) is 0.571. The Labute approximate surface area is 166 Å². The molecule has 2 aromatic heterocycles. The van der Waals surface area contributed by atoms with Crippen molar-refractivity contribution < 1.29 is 9.53 Å². The van der Waals surface area contributed by atoms with Gasteiger partial charge in [-0.2, -0.15) is 0 Å². The van der Waals surface area contributed by atoms with Crippen molar-refractivity contribution in [3.8, 4) is 0 Å². The third kappa shape index (κ3) is 3.90. The van der Waals surface area contributed by atoms with Gasteiger partial charge in [-0.25, -0.2) is 9.97 Å². The van der Waals surface area contributed by atoms with E-state index in [0.717, 1.165) is 31.7 Å². The molecule has 4 rings (SSSR count). The van der Waals surface area contributed by atoms with Gasteiger partial charge in [0.2, 0.25) is 0 Å². The summed E-state index contributed by atoms with van der Waals surface area (Å²) in [6.07, 6.45) is 7.83. The molecule has 0 aromatic carbocycles. The smallest absolute Gasteiger partial charge is 0.254 e. The Hall–Kier alpha value is -2.41. The van der Waals surface area contributed by atoms with Gasteiger partial charge in [-0.05, 0) is 38.8 Å². The van der Waals surface area contributed by atoms with E-state index in [1.54, 1.807) is 6.20 Å². The Morgan fingerprint density at radius 3 is 2.57 bits per heavy atom. The van der Waals surface area contributed by atoms with E-state index >= 15 is 0 Å². The third-order valence-corrected chi connectivity index (χ3v) is 5.73. The number of carbonyl (C=O) groups is 1. The van der Waals surface area contributed by atoms with Gasteiger partial charge in [-0.15, -0.1) is 0 Å². The molecular weight excluding hydrogens is 354 g/mol. The lowest BCUT2D eigenvalue weighted by atomic mass is 9.95. The summed E-state index contributed by atoms with van der Waals surface area (Å²) in [7, 11) is 0. The number of pyridine rings is 1. The summed E-state index contributed by atoms with van der Waals surface area (Å²) in [5.74, 6) is 2.64. The maximum absolute atomic E-state index is 12.8. The number of anilines is 1. The van der Waals surface area contributed by atoms with Gasteiger partial charge >= 0.3 is 0 Å². The molecule has 2 aromatic rings. The van der Waals surface area contributed by atoms with Crippen LogP contribution < -0.4 is 4.90 Å². The number of piperidine rings is 1. The molecule has 2 aliphatic rings. The molecule has 0 atom stereocenters. The van der Waals surface area contributed by atoms with E-state index in [1.807, 2.05) is 23.2 Å². The Bertz CT molecular complexity index is 805. The topological polar surface area (TPSA) is 63.5 Å². The minimum absolute atomic E-state index is 0.0702. The van der Waals surface area contributed by atoms with Crippen LogP contribution >= 0.6 is 0 Å². The minimum atomic E-state index is 0.0702. The molecule has 2 saturated heterocycles. The SMILES string of the molecule is CC(C)n1ccnc1C1CCN(c2cc(C(=O)N3CCOCC3)ccn2)CC1. The van der Waals surface area contributed by atoms with Crippen molar-refractivity contribution in [2.45, 2.75) is 38.6 Å². The lowest BCUT2D eigenvalue weighted by Crippen LogP contribution is -2.40. The number of hydrogen-bond acceptors (Lipinski definition) is 5. The number of hydrogen-bond donors (Lipinski definition) is 0. The number of carbonyl (C=O) groups excluding carboxylic acids is 1. The van der Waals surface area contributed by atoms with Crippen LogP contribution in [-0.4, -0.2) is 64.7 Å². The molecule has 2 fully saturated rings. The van der Waals surface area contributed by atoms with E-state index in [-0.39, 0.29) is 5.91 Å². The molecule has 0 spiro atoms. The first-order chi connectivity index (χ1) is 13.6. The first-order valence-corrected chi connectivity index (χ1v) is 10.2. The number of ether oxygens (including phenoxy) is 1. The summed E-state index contributed by atoms with van der Waals surface area (Å²) in [5.41, 5.74) is 0.712. The highest BCUT2D eigenvalue weighted by atomic mass is 16.5. The number of morpholine rings is 1. The fourth-order valence-electron chi connectivity index (χ4n) is 4.12. The summed E-state index contributed by atoms with van der Waals surface area (Å²) < 4.78 is 7.63. The van der Waals surface area contributed by atoms with E-state index in [2.05, 4.69) is 39.5 Å². The molecule has 0 saturated carbocycles. The molecule has 7 nitrogen and oxygen atoms in total. The fourth-order valence-corrected chi connectivity index (χ4v) is 4.12. The van der Waals surface area contributed by atoms with Crippen LogP contribution in [0.5, 0.6) is 0 Å². The molecule has 4 heterocycles. The van der Waals surface area contributed by atoms with Gasteiger partial charge in [-0.3, -0.25) is 4.79 Å². The molecule has 1 amide bonds. The number of amides is 1. The molecule has 0 unspecified atom stereocenters. The van der Waals surface area contributed by atoms with Crippen LogP contribution in [0.25, 0.3) is 0 Å². The second-order valence-corrected chi connectivity index (χ2v) is 7.86. The zero-order valence-electron chi connectivity index (χ0n) is 16.8. The van der Waals surface area contributed by atoms with Crippen molar-refractivity contribution in [3.05, 3.63) is 42.1 Å². The Morgan fingerprint density at radius 1 is 1.11 bits per heavy atom. The van der Waals surface area contributed by atoms with E-state index in [0.29, 0.717) is 43.8 Å². The van der Waals surface area contributed by atoms with Gasteiger partial charge < -0.3 is 19.1 Å². The molecule has 7 heteroatoms. The first-order valence-electron chi connectivity index (χ1n) is 10.2. The maximum atomic E-state index is 12.8. The Balaban J connectivity index is 1.42. The third-order valence-electron chi connectivity index (χ3n) is 5.73. The van der Waals surface area contributed by atoms with Crippen LogP contribution in [-0.2, 0) is 4.74 Å². The van der Waals surface area contributed by atoms with Crippen molar-refractivity contribution in [3.63, 3.8) is 0 Å². The van der Waals surface area contributed by atoms with Gasteiger partial charge in [0.1, 0.15) is 11.6 Å². The van der Waals surface area contributed by atoms with Crippen LogP contribution in [0.15, 0.2) is 30.7 Å². The molecule has 2 aliphatic heterocycles. The van der Waals surface area contributed by atoms with Crippen LogP contribution in [0.2, 0.25) is 0 Å². The molecule has 0 bridgehead atoms. The monoisotopic (exact) mass is 383 g/mol. The zero-order valence-corrected chi connectivity index (χ0v) is 16.8. The number of imidazole rings is 1. The first kappa shape index (κ1) is 18.9. The molecule has 0 N–H and O–H groups in total. The van der Waals surface area contributed by atoms with E-state index in [4.69, 9.17) is 4.74 Å². The zero-order chi connectivity index (χ0) is 19.5. The van der Waals surface area contributed by atoms with Gasteiger partial charge in [0.05, 0.1) is 13.2 Å². The highest BCUT2D eigenvalue weighted by molar-refractivity contribution is 5.94. The predicted molar refractivity (Wildman–Crippen MR) is 108 cm³/mol. The number of rotatable bonds is 4. The Kier molecular flexibility index (Phi) is 5.62. The quantitative estimate of drug-likeness (QED) is 0.812. The largest absolute Gasteiger partial charge is 0.378 e. The molecular formula is C21H29N5O2. The predicted octanol–water partition coefficient (Wildman–Crippen LogP) is 2.72. The molecule has 150 valence electrons. The minimum Gasteiger partial charge on any atom is -0.378 e. The molecule has 0 radical (unpaired) electrons. The van der Waals surface area contributed by atoms with Crippen molar-refractivity contribution in [2.75, 3.05) is 44.3 Å². The van der Waals surface area contributed by atoms with E-state index in [9.17, 15) is 4.79 Å². The lowest BCUT2D eigenvalue weighted by molar-refractivity contribution is 0.0303. The number of nitrogens with zero attached hydrogens (tertiary/aromatic N) is 5. The van der Waals surface area contributed by atoms with Gasteiger partial charge in [0, 0.05) is 62.3 Å². The summed E-state index contributed by atoms with van der Waals surface area (Å²) >= 11 is 0. The maximum Gasteiger partial charge on any atom is 0.254 e.